The molecule has 0 saturated heterocycles. The minimum Gasteiger partial charge on any atom is -0.329 e. The molecule has 3 rings (SSSR count). The highest BCUT2D eigenvalue weighted by molar-refractivity contribution is 6.32. The molecule has 2 heterocycles. The smallest absolute Gasteiger partial charge is 0.255 e. The second kappa shape index (κ2) is 6.81. The minimum absolute atomic E-state index is 0.0315. The molecule has 1 aliphatic rings. The molecular weight excluding hydrogens is 355 g/mol. The average Bonchev–Trinajstić information content (AvgIpc) is 2.54. The van der Waals surface area contributed by atoms with Crippen LogP contribution in [-0.4, -0.2) is 22.3 Å². The van der Waals surface area contributed by atoms with Crippen molar-refractivity contribution in [3.05, 3.63) is 69.5 Å². The van der Waals surface area contributed by atoms with Crippen LogP contribution < -0.4 is 0 Å². The van der Waals surface area contributed by atoms with Gasteiger partial charge in [0.25, 0.3) is 5.91 Å². The van der Waals surface area contributed by atoms with E-state index in [4.69, 9.17) is 23.2 Å². The number of halogens is 2. The monoisotopic (exact) mass is 374 g/mol. The van der Waals surface area contributed by atoms with Crippen molar-refractivity contribution in [2.45, 2.75) is 32.7 Å². The van der Waals surface area contributed by atoms with Crippen LogP contribution in [-0.2, 0) is 10.3 Å². The van der Waals surface area contributed by atoms with Crippen LogP contribution in [0.3, 0.4) is 0 Å². The Morgan fingerprint density at radius 2 is 1.68 bits per heavy atom. The number of rotatable bonds is 3. The molecule has 0 atom stereocenters. The standard InChI is InChI=1S/C20H20Cl2N2O/c1-13-9-10-24(19(25)18(13)14-7-5-4-6-8-14)20(2,3)15-11-16(21)23-17(22)12-15/h4-8,11-12H,9-10H2,1-3H3. The molecule has 0 aliphatic carbocycles. The van der Waals surface area contributed by atoms with Crippen molar-refractivity contribution in [2.75, 3.05) is 6.54 Å². The van der Waals surface area contributed by atoms with Crippen LogP contribution in [0.2, 0.25) is 10.3 Å². The number of hydrogen-bond donors (Lipinski definition) is 0. The SMILES string of the molecule is CC1=C(c2ccccc2)C(=O)N(C(C)(C)c2cc(Cl)nc(Cl)c2)CC1. The fraction of sp³-hybridized carbons (Fsp3) is 0.300. The molecule has 1 amide bonds. The van der Waals surface area contributed by atoms with Gasteiger partial charge in [-0.1, -0.05) is 59.1 Å². The van der Waals surface area contributed by atoms with Crippen LogP contribution in [0, 0.1) is 0 Å². The van der Waals surface area contributed by atoms with Gasteiger partial charge in [0.2, 0.25) is 0 Å². The number of amides is 1. The molecule has 1 aromatic heterocycles. The number of benzene rings is 1. The maximum Gasteiger partial charge on any atom is 0.255 e. The van der Waals surface area contributed by atoms with E-state index in [0.29, 0.717) is 16.9 Å². The van der Waals surface area contributed by atoms with Crippen molar-refractivity contribution in [1.82, 2.24) is 9.88 Å². The van der Waals surface area contributed by atoms with E-state index >= 15 is 0 Å². The minimum atomic E-state index is -0.548. The van der Waals surface area contributed by atoms with Gasteiger partial charge in [0.05, 0.1) is 5.54 Å². The third kappa shape index (κ3) is 3.44. The van der Waals surface area contributed by atoms with Crippen LogP contribution in [0.5, 0.6) is 0 Å². The topological polar surface area (TPSA) is 33.2 Å². The lowest BCUT2D eigenvalue weighted by atomic mass is 9.87. The van der Waals surface area contributed by atoms with Gasteiger partial charge in [0.1, 0.15) is 10.3 Å². The number of carbonyl (C=O) groups excluding carboxylic acids is 1. The quantitative estimate of drug-likeness (QED) is 0.680. The van der Waals surface area contributed by atoms with Gasteiger partial charge < -0.3 is 4.90 Å². The zero-order chi connectivity index (χ0) is 18.2. The Bertz CT molecular complexity index is 824. The Hall–Kier alpha value is -1.84. The highest BCUT2D eigenvalue weighted by Crippen LogP contribution is 2.37. The molecule has 0 saturated carbocycles. The molecule has 0 bridgehead atoms. The summed E-state index contributed by atoms with van der Waals surface area (Å²) in [6.45, 7) is 6.71. The number of hydrogen-bond acceptors (Lipinski definition) is 2. The Labute approximate surface area is 158 Å². The fourth-order valence-electron chi connectivity index (χ4n) is 3.31. The average molecular weight is 375 g/mol. The molecule has 0 radical (unpaired) electrons. The zero-order valence-corrected chi connectivity index (χ0v) is 16.0. The van der Waals surface area contributed by atoms with Gasteiger partial charge in [-0.25, -0.2) is 4.98 Å². The molecule has 2 aromatic rings. The van der Waals surface area contributed by atoms with Crippen LogP contribution in [0.15, 0.2) is 48.0 Å². The van der Waals surface area contributed by atoms with E-state index in [9.17, 15) is 4.79 Å². The van der Waals surface area contributed by atoms with Crippen molar-refractivity contribution in [2.24, 2.45) is 0 Å². The summed E-state index contributed by atoms with van der Waals surface area (Å²) in [4.78, 5) is 19.2. The summed E-state index contributed by atoms with van der Waals surface area (Å²) in [5.41, 5.74) is 3.18. The van der Waals surface area contributed by atoms with E-state index in [0.717, 1.165) is 28.7 Å². The molecule has 5 heteroatoms. The van der Waals surface area contributed by atoms with E-state index in [1.807, 2.05) is 56.0 Å². The molecule has 0 unspecified atom stereocenters. The first-order chi connectivity index (χ1) is 11.8. The Balaban J connectivity index is 2.02. The first kappa shape index (κ1) is 18.0. The van der Waals surface area contributed by atoms with Gasteiger partial charge in [-0.3, -0.25) is 4.79 Å². The largest absolute Gasteiger partial charge is 0.329 e. The number of carbonyl (C=O) groups is 1. The molecule has 1 aliphatic heterocycles. The van der Waals surface area contributed by atoms with Crippen molar-refractivity contribution in [1.29, 1.82) is 0 Å². The summed E-state index contributed by atoms with van der Waals surface area (Å²) >= 11 is 12.1. The fourth-order valence-corrected chi connectivity index (χ4v) is 3.77. The zero-order valence-electron chi connectivity index (χ0n) is 14.5. The number of aromatic nitrogens is 1. The van der Waals surface area contributed by atoms with E-state index < -0.39 is 5.54 Å². The third-order valence-electron chi connectivity index (χ3n) is 4.80. The van der Waals surface area contributed by atoms with E-state index in [2.05, 4.69) is 4.98 Å². The molecule has 130 valence electrons. The first-order valence-corrected chi connectivity index (χ1v) is 8.97. The molecule has 25 heavy (non-hydrogen) atoms. The van der Waals surface area contributed by atoms with Crippen molar-refractivity contribution >= 4 is 34.7 Å². The molecule has 0 N–H and O–H groups in total. The summed E-state index contributed by atoms with van der Waals surface area (Å²) in [6.07, 6.45) is 0.839. The normalized spacial score (nSPS) is 15.7. The lowest BCUT2D eigenvalue weighted by Gasteiger charge is -2.42. The summed E-state index contributed by atoms with van der Waals surface area (Å²) < 4.78 is 0. The van der Waals surface area contributed by atoms with Gasteiger partial charge >= 0.3 is 0 Å². The van der Waals surface area contributed by atoms with E-state index in [1.165, 1.54) is 0 Å². The maximum atomic E-state index is 13.3. The van der Waals surface area contributed by atoms with Crippen LogP contribution in [0.4, 0.5) is 0 Å². The Kier molecular flexibility index (Phi) is 4.90. The summed E-state index contributed by atoms with van der Waals surface area (Å²) in [5, 5.41) is 0.657. The predicted molar refractivity (Wildman–Crippen MR) is 103 cm³/mol. The maximum absolute atomic E-state index is 13.3. The number of nitrogens with zero attached hydrogens (tertiary/aromatic N) is 2. The van der Waals surface area contributed by atoms with E-state index in [1.54, 1.807) is 12.1 Å². The molecule has 0 spiro atoms. The van der Waals surface area contributed by atoms with Crippen LogP contribution in [0.25, 0.3) is 5.57 Å². The summed E-state index contributed by atoms with van der Waals surface area (Å²) in [7, 11) is 0. The Morgan fingerprint density at radius 1 is 1.08 bits per heavy atom. The second-order valence-corrected chi connectivity index (χ2v) is 7.56. The molecular formula is C20H20Cl2N2O. The highest BCUT2D eigenvalue weighted by atomic mass is 35.5. The van der Waals surface area contributed by atoms with Gasteiger partial charge in [0, 0.05) is 12.1 Å². The molecule has 1 aromatic carbocycles. The lowest BCUT2D eigenvalue weighted by molar-refractivity contribution is -0.131. The highest BCUT2D eigenvalue weighted by Gasteiger charge is 2.37. The lowest BCUT2D eigenvalue weighted by Crippen LogP contribution is -2.48. The first-order valence-electron chi connectivity index (χ1n) is 8.21. The van der Waals surface area contributed by atoms with Crippen molar-refractivity contribution < 1.29 is 4.79 Å². The van der Waals surface area contributed by atoms with E-state index in [-0.39, 0.29) is 5.91 Å². The summed E-state index contributed by atoms with van der Waals surface area (Å²) in [6, 6.07) is 13.4. The van der Waals surface area contributed by atoms with Gasteiger partial charge in [0.15, 0.2) is 0 Å². The Morgan fingerprint density at radius 3 is 2.28 bits per heavy atom. The van der Waals surface area contributed by atoms with Crippen LogP contribution in [0.1, 0.15) is 38.3 Å². The third-order valence-corrected chi connectivity index (χ3v) is 5.19. The molecule has 0 fully saturated rings. The van der Waals surface area contributed by atoms with Crippen molar-refractivity contribution in [3.8, 4) is 0 Å². The number of pyridine rings is 1. The summed E-state index contributed by atoms with van der Waals surface area (Å²) in [5.74, 6) is 0.0315. The predicted octanol–water partition coefficient (Wildman–Crippen LogP) is 5.33. The van der Waals surface area contributed by atoms with Crippen molar-refractivity contribution in [3.63, 3.8) is 0 Å². The van der Waals surface area contributed by atoms with Gasteiger partial charge in [-0.15, -0.1) is 0 Å². The van der Waals surface area contributed by atoms with Gasteiger partial charge in [-0.05, 0) is 50.5 Å². The van der Waals surface area contributed by atoms with Crippen LogP contribution >= 0.6 is 23.2 Å². The van der Waals surface area contributed by atoms with Gasteiger partial charge in [-0.2, -0.15) is 0 Å². The molecule has 3 nitrogen and oxygen atoms in total. The second-order valence-electron chi connectivity index (χ2n) is 6.79.